The lowest BCUT2D eigenvalue weighted by molar-refractivity contribution is 0.0533. The molecule has 7 nitrogen and oxygen atoms in total. The highest BCUT2D eigenvalue weighted by molar-refractivity contribution is 5.90. The summed E-state index contributed by atoms with van der Waals surface area (Å²) in [7, 11) is 1.58. The molecule has 0 spiro atoms. The maximum atomic E-state index is 11.4. The van der Waals surface area contributed by atoms with Crippen molar-refractivity contribution in [3.05, 3.63) is 23.0 Å². The predicted octanol–water partition coefficient (Wildman–Crippen LogP) is 1.96. The van der Waals surface area contributed by atoms with Gasteiger partial charge in [0.2, 0.25) is 0 Å². The first-order chi connectivity index (χ1) is 9.61. The van der Waals surface area contributed by atoms with Gasteiger partial charge in [-0.3, -0.25) is 4.68 Å². The number of hydrogen-bond acceptors (Lipinski definition) is 4. The average molecular weight is 295 g/mol. The molecule has 116 valence electrons. The molecule has 1 aromatic rings. The van der Waals surface area contributed by atoms with E-state index in [0.717, 1.165) is 0 Å². The van der Waals surface area contributed by atoms with Gasteiger partial charge in [-0.25, -0.2) is 9.59 Å². The fourth-order valence-corrected chi connectivity index (χ4v) is 1.76. The smallest absolute Gasteiger partial charge is 0.407 e. The molecule has 0 atom stereocenters. The lowest BCUT2D eigenvalue weighted by Gasteiger charge is -2.19. The molecule has 21 heavy (non-hydrogen) atoms. The molecule has 1 rings (SSSR count). The maximum absolute atomic E-state index is 11.4. The first kappa shape index (κ1) is 16.7. The van der Waals surface area contributed by atoms with E-state index in [9.17, 15) is 9.59 Å². The number of alkyl carbamates (subject to hydrolysis) is 1. The van der Waals surface area contributed by atoms with Gasteiger partial charge in [-0.05, 0) is 27.7 Å². The number of aromatic carboxylic acids is 1. The normalized spacial score (nSPS) is 11.7. The zero-order valence-corrected chi connectivity index (χ0v) is 12.9. The molecule has 7 heteroatoms. The van der Waals surface area contributed by atoms with E-state index < -0.39 is 17.7 Å². The van der Waals surface area contributed by atoms with Crippen molar-refractivity contribution in [3.63, 3.8) is 0 Å². The van der Waals surface area contributed by atoms with E-state index in [1.54, 1.807) is 46.9 Å². The van der Waals surface area contributed by atoms with Crippen LogP contribution in [0.4, 0.5) is 4.79 Å². The Morgan fingerprint density at radius 1 is 1.43 bits per heavy atom. The number of carbonyl (C=O) groups excluding carboxylic acids is 1. The van der Waals surface area contributed by atoms with Crippen LogP contribution in [0.15, 0.2) is 6.08 Å². The molecule has 0 radical (unpaired) electrons. The molecule has 0 saturated heterocycles. The molecule has 0 aliphatic rings. The van der Waals surface area contributed by atoms with Crippen molar-refractivity contribution in [2.45, 2.75) is 33.3 Å². The van der Waals surface area contributed by atoms with Gasteiger partial charge in [-0.1, -0.05) is 12.2 Å². The highest BCUT2D eigenvalue weighted by Gasteiger charge is 2.17. The molecule has 0 aliphatic heterocycles. The fraction of sp³-hybridized carbons (Fsp3) is 0.500. The first-order valence-electron chi connectivity index (χ1n) is 6.52. The SMILES string of the molecule is Cc1nn(C)c(C(=O)O)c1C=CCNC(=O)OC(C)(C)C. The third-order valence-electron chi connectivity index (χ3n) is 2.52. The average Bonchev–Trinajstić information content (AvgIpc) is 2.57. The Kier molecular flexibility index (Phi) is 5.12. The Hall–Kier alpha value is -2.31. The number of ether oxygens (including phenoxy) is 1. The molecule has 0 unspecified atom stereocenters. The van der Waals surface area contributed by atoms with Crippen LogP contribution in [0.2, 0.25) is 0 Å². The number of rotatable bonds is 4. The van der Waals surface area contributed by atoms with Gasteiger partial charge in [0.15, 0.2) is 5.69 Å². The van der Waals surface area contributed by atoms with Crippen LogP contribution >= 0.6 is 0 Å². The van der Waals surface area contributed by atoms with Crippen LogP contribution < -0.4 is 5.32 Å². The summed E-state index contributed by atoms with van der Waals surface area (Å²) in [5.41, 5.74) is 0.699. The van der Waals surface area contributed by atoms with E-state index in [4.69, 9.17) is 9.84 Å². The summed E-state index contributed by atoms with van der Waals surface area (Å²) in [4.78, 5) is 22.6. The number of nitrogens with one attached hydrogen (secondary N) is 1. The maximum Gasteiger partial charge on any atom is 0.407 e. The van der Waals surface area contributed by atoms with Crippen LogP contribution in [0.25, 0.3) is 6.08 Å². The summed E-state index contributed by atoms with van der Waals surface area (Å²) in [5.74, 6) is -1.04. The molecule has 0 fully saturated rings. The Morgan fingerprint density at radius 2 is 2.05 bits per heavy atom. The van der Waals surface area contributed by atoms with E-state index in [1.807, 2.05) is 0 Å². The van der Waals surface area contributed by atoms with Crippen LogP contribution in [0.5, 0.6) is 0 Å². The number of nitrogens with zero attached hydrogens (tertiary/aromatic N) is 2. The molecular weight excluding hydrogens is 274 g/mol. The Balaban J connectivity index is 2.67. The topological polar surface area (TPSA) is 93.5 Å². The second kappa shape index (κ2) is 6.43. The second-order valence-electron chi connectivity index (χ2n) is 5.56. The van der Waals surface area contributed by atoms with Crippen molar-refractivity contribution in [2.75, 3.05) is 6.54 Å². The van der Waals surface area contributed by atoms with Gasteiger partial charge in [0.25, 0.3) is 0 Å². The number of carboxylic acids is 1. The predicted molar refractivity (Wildman–Crippen MR) is 78.2 cm³/mol. The molecule has 1 aromatic heterocycles. The van der Waals surface area contributed by atoms with Crippen LogP contribution in [0.3, 0.4) is 0 Å². The molecular formula is C14H21N3O4. The molecule has 0 aliphatic carbocycles. The van der Waals surface area contributed by atoms with E-state index >= 15 is 0 Å². The lowest BCUT2D eigenvalue weighted by Crippen LogP contribution is -2.32. The molecule has 2 N–H and O–H groups in total. The molecule has 0 aromatic carbocycles. The van der Waals surface area contributed by atoms with Crippen molar-refractivity contribution in [1.82, 2.24) is 15.1 Å². The Labute approximate surface area is 123 Å². The molecule has 0 bridgehead atoms. The molecule has 0 saturated carbocycles. The van der Waals surface area contributed by atoms with Crippen molar-refractivity contribution in [3.8, 4) is 0 Å². The van der Waals surface area contributed by atoms with Gasteiger partial charge in [-0.2, -0.15) is 5.10 Å². The number of hydrogen-bond donors (Lipinski definition) is 2. The number of aryl methyl sites for hydroxylation is 2. The number of carboxylic acid groups (broad SMARTS) is 1. The molecule has 1 heterocycles. The van der Waals surface area contributed by atoms with E-state index in [2.05, 4.69) is 10.4 Å². The third-order valence-corrected chi connectivity index (χ3v) is 2.52. The number of aromatic nitrogens is 2. The number of carbonyl (C=O) groups is 2. The summed E-state index contributed by atoms with van der Waals surface area (Å²) in [5, 5.41) is 15.8. The van der Waals surface area contributed by atoms with Crippen LogP contribution in [-0.2, 0) is 11.8 Å². The van der Waals surface area contributed by atoms with Gasteiger partial charge in [-0.15, -0.1) is 0 Å². The zero-order valence-electron chi connectivity index (χ0n) is 12.9. The molecule has 1 amide bonds. The van der Waals surface area contributed by atoms with E-state index in [1.165, 1.54) is 4.68 Å². The van der Waals surface area contributed by atoms with Gasteiger partial charge in [0.05, 0.1) is 5.69 Å². The fourth-order valence-electron chi connectivity index (χ4n) is 1.76. The minimum atomic E-state index is -1.04. The highest BCUT2D eigenvalue weighted by atomic mass is 16.6. The van der Waals surface area contributed by atoms with E-state index in [0.29, 0.717) is 11.3 Å². The van der Waals surface area contributed by atoms with Crippen LogP contribution in [-0.4, -0.2) is 39.1 Å². The van der Waals surface area contributed by atoms with Crippen LogP contribution in [0.1, 0.15) is 42.5 Å². The summed E-state index contributed by atoms with van der Waals surface area (Å²) < 4.78 is 6.40. The Morgan fingerprint density at radius 3 is 2.57 bits per heavy atom. The summed E-state index contributed by atoms with van der Waals surface area (Å²) in [6.45, 7) is 7.30. The zero-order chi connectivity index (χ0) is 16.2. The van der Waals surface area contributed by atoms with Gasteiger partial charge >= 0.3 is 12.1 Å². The number of amides is 1. The second-order valence-corrected chi connectivity index (χ2v) is 5.56. The summed E-state index contributed by atoms with van der Waals surface area (Å²) in [6.07, 6.45) is 2.76. The lowest BCUT2D eigenvalue weighted by atomic mass is 10.1. The van der Waals surface area contributed by atoms with E-state index in [-0.39, 0.29) is 12.2 Å². The summed E-state index contributed by atoms with van der Waals surface area (Å²) in [6, 6.07) is 0. The van der Waals surface area contributed by atoms with Crippen molar-refractivity contribution in [2.24, 2.45) is 7.05 Å². The van der Waals surface area contributed by atoms with Gasteiger partial charge in [0.1, 0.15) is 5.60 Å². The third kappa shape index (κ3) is 4.94. The van der Waals surface area contributed by atoms with Crippen LogP contribution in [0, 0.1) is 6.92 Å². The highest BCUT2D eigenvalue weighted by Crippen LogP contribution is 2.14. The monoisotopic (exact) mass is 295 g/mol. The quantitative estimate of drug-likeness (QED) is 0.885. The standard InChI is InChI=1S/C14H21N3O4/c1-9-10(11(12(18)19)17(5)16-9)7-6-8-15-13(20)21-14(2,3)4/h6-7H,8H2,1-5H3,(H,15,20)(H,18,19). The first-order valence-corrected chi connectivity index (χ1v) is 6.52. The summed E-state index contributed by atoms with van der Waals surface area (Å²) >= 11 is 0. The van der Waals surface area contributed by atoms with Crippen molar-refractivity contribution < 1.29 is 19.4 Å². The minimum Gasteiger partial charge on any atom is -0.477 e. The minimum absolute atomic E-state index is 0.112. The van der Waals surface area contributed by atoms with Gasteiger partial charge < -0.3 is 15.2 Å². The van der Waals surface area contributed by atoms with Gasteiger partial charge in [0, 0.05) is 19.2 Å². The largest absolute Gasteiger partial charge is 0.477 e. The van der Waals surface area contributed by atoms with Crippen molar-refractivity contribution >= 4 is 18.1 Å². The Bertz CT molecular complexity index is 568. The van der Waals surface area contributed by atoms with Crippen molar-refractivity contribution in [1.29, 1.82) is 0 Å².